The van der Waals surface area contributed by atoms with Crippen LogP contribution in [0.1, 0.15) is 11.1 Å². The van der Waals surface area contributed by atoms with Crippen molar-refractivity contribution in [1.82, 2.24) is 4.90 Å². The molecule has 122 valence electrons. The molecule has 1 aromatic carbocycles. The number of phenols is 1. The van der Waals surface area contributed by atoms with Gasteiger partial charge in [-0.15, -0.1) is 0 Å². The van der Waals surface area contributed by atoms with Crippen molar-refractivity contribution in [2.75, 3.05) is 20.3 Å². The van der Waals surface area contributed by atoms with Crippen molar-refractivity contribution in [3.63, 3.8) is 0 Å². The van der Waals surface area contributed by atoms with Crippen LogP contribution in [0.15, 0.2) is 49.1 Å². The second-order valence-electron chi connectivity index (χ2n) is 5.20. The van der Waals surface area contributed by atoms with Crippen LogP contribution in [0.5, 0.6) is 11.5 Å². The molecule has 0 aromatic heterocycles. The average Bonchev–Trinajstić information content (AvgIpc) is 2.57. The summed E-state index contributed by atoms with van der Waals surface area (Å²) in [7, 11) is 1.52. The van der Waals surface area contributed by atoms with Gasteiger partial charge in [-0.05, 0) is 35.3 Å². The monoisotopic (exact) mass is 315 g/mol. The summed E-state index contributed by atoms with van der Waals surface area (Å²) in [5.41, 5.74) is 2.76. The summed E-state index contributed by atoms with van der Waals surface area (Å²) < 4.78 is 10.4. The Morgan fingerprint density at radius 3 is 2.83 bits per heavy atom. The molecule has 1 aliphatic rings. The van der Waals surface area contributed by atoms with Gasteiger partial charge in [0.15, 0.2) is 11.5 Å². The van der Waals surface area contributed by atoms with Crippen molar-refractivity contribution in [2.24, 2.45) is 0 Å². The smallest absolute Gasteiger partial charge is 0.410 e. The molecule has 1 heterocycles. The molecule has 0 bridgehead atoms. The van der Waals surface area contributed by atoms with Gasteiger partial charge in [0.25, 0.3) is 0 Å². The summed E-state index contributed by atoms with van der Waals surface area (Å²) in [5.74, 6) is 0.522. The highest BCUT2D eigenvalue weighted by molar-refractivity contribution is 5.68. The molecule has 1 N–H and O–H groups in total. The van der Waals surface area contributed by atoms with Gasteiger partial charge in [-0.2, -0.15) is 0 Å². The fourth-order valence-electron chi connectivity index (χ4n) is 2.46. The lowest BCUT2D eigenvalue weighted by Gasteiger charge is -2.28. The molecule has 0 spiro atoms. The molecule has 0 saturated carbocycles. The molecule has 5 heteroatoms. The highest BCUT2D eigenvalue weighted by Gasteiger charge is 2.23. The Bertz CT molecular complexity index is 649. The number of hydrogen-bond acceptors (Lipinski definition) is 4. The van der Waals surface area contributed by atoms with Crippen molar-refractivity contribution in [3.05, 3.63) is 60.2 Å². The highest BCUT2D eigenvalue weighted by atomic mass is 16.6. The number of carbonyl (C=O) groups excluding carboxylic acids is 1. The first-order valence-electron chi connectivity index (χ1n) is 7.33. The van der Waals surface area contributed by atoms with Crippen molar-refractivity contribution < 1.29 is 19.4 Å². The summed E-state index contributed by atoms with van der Waals surface area (Å²) in [5, 5.41) is 9.87. The third-order valence-electron chi connectivity index (χ3n) is 3.73. The average molecular weight is 315 g/mol. The van der Waals surface area contributed by atoms with Crippen LogP contribution in [0, 0.1) is 0 Å². The van der Waals surface area contributed by atoms with Crippen molar-refractivity contribution in [2.45, 2.75) is 13.0 Å². The quantitative estimate of drug-likeness (QED) is 0.848. The lowest BCUT2D eigenvalue weighted by molar-refractivity contribution is 0.106. The maximum Gasteiger partial charge on any atom is 0.410 e. The van der Waals surface area contributed by atoms with E-state index in [0.29, 0.717) is 25.3 Å². The van der Waals surface area contributed by atoms with E-state index in [4.69, 9.17) is 9.47 Å². The van der Waals surface area contributed by atoms with E-state index in [1.165, 1.54) is 7.11 Å². The summed E-state index contributed by atoms with van der Waals surface area (Å²) in [6.07, 6.45) is 5.31. The summed E-state index contributed by atoms with van der Waals surface area (Å²) in [6.45, 7) is 8.39. The molecule has 1 aromatic rings. The van der Waals surface area contributed by atoms with Gasteiger partial charge in [-0.25, -0.2) is 4.79 Å². The van der Waals surface area contributed by atoms with Gasteiger partial charge in [0.2, 0.25) is 0 Å². The standard InChI is InChI=1S/C18H21NO4/c1-4-6-13(5-2)12-23-18(21)19-8-7-14-10-17(22-3)16(20)9-15(14)11-19/h4-6,9-10,20H,1-2,7-8,11-12H2,3H3/b13-6+. The SMILES string of the molecule is C=C/C=C(\C=C)COC(=O)N1CCc2cc(OC)c(O)cc2C1. The maximum absolute atomic E-state index is 12.2. The molecule has 2 rings (SSSR count). The summed E-state index contributed by atoms with van der Waals surface area (Å²) >= 11 is 0. The maximum atomic E-state index is 12.2. The predicted octanol–water partition coefficient (Wildman–Crippen LogP) is 3.19. The largest absolute Gasteiger partial charge is 0.504 e. The van der Waals surface area contributed by atoms with Gasteiger partial charge in [0, 0.05) is 13.1 Å². The van der Waals surface area contributed by atoms with Crippen LogP contribution in [0.3, 0.4) is 0 Å². The summed E-state index contributed by atoms with van der Waals surface area (Å²) in [6, 6.07) is 3.45. The Morgan fingerprint density at radius 2 is 2.17 bits per heavy atom. The number of nitrogens with zero attached hydrogens (tertiary/aromatic N) is 1. The minimum Gasteiger partial charge on any atom is -0.504 e. The number of fused-ring (bicyclic) bond motifs is 1. The minimum absolute atomic E-state index is 0.0735. The number of allylic oxidation sites excluding steroid dienone is 2. The predicted molar refractivity (Wildman–Crippen MR) is 88.6 cm³/mol. The van der Waals surface area contributed by atoms with E-state index in [2.05, 4.69) is 13.2 Å². The molecule has 0 radical (unpaired) electrons. The number of rotatable bonds is 5. The number of methoxy groups -OCH3 is 1. The van der Waals surface area contributed by atoms with E-state index in [-0.39, 0.29) is 18.4 Å². The Labute approximate surface area is 136 Å². The number of hydrogen-bond donors (Lipinski definition) is 1. The molecule has 1 amide bonds. The van der Waals surface area contributed by atoms with Crippen molar-refractivity contribution >= 4 is 6.09 Å². The zero-order valence-corrected chi connectivity index (χ0v) is 13.2. The van der Waals surface area contributed by atoms with Crippen LogP contribution in [0.2, 0.25) is 0 Å². The number of phenolic OH excluding ortho intramolecular Hbond substituents is 1. The molecule has 0 aliphatic carbocycles. The first-order chi connectivity index (χ1) is 11.1. The zero-order valence-electron chi connectivity index (χ0n) is 13.2. The van der Waals surface area contributed by atoms with E-state index in [1.807, 2.05) is 6.07 Å². The molecule has 0 saturated heterocycles. The van der Waals surface area contributed by atoms with Gasteiger partial charge in [0.1, 0.15) is 6.61 Å². The van der Waals surface area contributed by atoms with E-state index < -0.39 is 0 Å². The first-order valence-corrected chi connectivity index (χ1v) is 7.33. The third kappa shape index (κ3) is 3.94. The third-order valence-corrected chi connectivity index (χ3v) is 3.73. The lowest BCUT2D eigenvalue weighted by atomic mass is 9.99. The Hall–Kier alpha value is -2.69. The molecular formula is C18H21NO4. The van der Waals surface area contributed by atoms with Gasteiger partial charge in [-0.1, -0.05) is 31.4 Å². The van der Waals surface area contributed by atoms with E-state index in [0.717, 1.165) is 16.7 Å². The fraction of sp³-hybridized carbons (Fsp3) is 0.278. The first kappa shape index (κ1) is 16.7. The van der Waals surface area contributed by atoms with Gasteiger partial charge >= 0.3 is 6.09 Å². The molecule has 0 atom stereocenters. The molecule has 1 aliphatic heterocycles. The van der Waals surface area contributed by atoms with E-state index in [9.17, 15) is 9.90 Å². The van der Waals surface area contributed by atoms with Crippen LogP contribution in [-0.4, -0.2) is 36.4 Å². The highest BCUT2D eigenvalue weighted by Crippen LogP contribution is 2.32. The number of carbonyl (C=O) groups is 1. The van der Waals surface area contributed by atoms with Crippen LogP contribution in [-0.2, 0) is 17.7 Å². The van der Waals surface area contributed by atoms with Crippen LogP contribution >= 0.6 is 0 Å². The second kappa shape index (κ2) is 7.54. The Balaban J connectivity index is 2.03. The Morgan fingerprint density at radius 1 is 1.39 bits per heavy atom. The van der Waals surface area contributed by atoms with E-state index >= 15 is 0 Å². The zero-order chi connectivity index (χ0) is 16.8. The number of amides is 1. The minimum atomic E-state index is -0.386. The fourth-order valence-corrected chi connectivity index (χ4v) is 2.46. The second-order valence-corrected chi connectivity index (χ2v) is 5.20. The number of ether oxygens (including phenoxy) is 2. The normalized spacial score (nSPS) is 14.0. The van der Waals surface area contributed by atoms with Gasteiger partial charge in [0.05, 0.1) is 7.11 Å². The van der Waals surface area contributed by atoms with Gasteiger partial charge < -0.3 is 19.5 Å². The molecular weight excluding hydrogens is 294 g/mol. The van der Waals surface area contributed by atoms with Crippen molar-refractivity contribution in [1.29, 1.82) is 0 Å². The lowest BCUT2D eigenvalue weighted by Crippen LogP contribution is -2.36. The van der Waals surface area contributed by atoms with Crippen LogP contribution < -0.4 is 4.74 Å². The molecule has 5 nitrogen and oxygen atoms in total. The van der Waals surface area contributed by atoms with Crippen LogP contribution in [0.4, 0.5) is 4.79 Å². The number of benzene rings is 1. The Kier molecular flexibility index (Phi) is 5.46. The van der Waals surface area contributed by atoms with Gasteiger partial charge in [-0.3, -0.25) is 0 Å². The number of aromatic hydroxyl groups is 1. The summed E-state index contributed by atoms with van der Waals surface area (Å²) in [4.78, 5) is 13.8. The molecule has 0 fully saturated rings. The molecule has 0 unspecified atom stereocenters. The topological polar surface area (TPSA) is 59.0 Å². The molecule has 23 heavy (non-hydrogen) atoms. The van der Waals surface area contributed by atoms with E-state index in [1.54, 1.807) is 29.2 Å². The van der Waals surface area contributed by atoms with Crippen molar-refractivity contribution in [3.8, 4) is 11.5 Å². The van der Waals surface area contributed by atoms with Crippen LogP contribution in [0.25, 0.3) is 0 Å².